The molecule has 114 valence electrons. The van der Waals surface area contributed by atoms with Crippen LogP contribution in [0.5, 0.6) is 0 Å². The number of thioether (sulfide) groups is 1. The predicted octanol–water partition coefficient (Wildman–Crippen LogP) is 1.60. The molecule has 1 atom stereocenters. The van der Waals surface area contributed by atoms with Crippen molar-refractivity contribution in [3.63, 3.8) is 0 Å². The minimum Gasteiger partial charge on any atom is -0.227 e. The van der Waals surface area contributed by atoms with Crippen molar-refractivity contribution in [1.82, 2.24) is 4.31 Å². The van der Waals surface area contributed by atoms with Crippen LogP contribution in [-0.2, 0) is 25.7 Å². The lowest BCUT2D eigenvalue weighted by Gasteiger charge is -2.32. The minimum atomic E-state index is -3.78. The van der Waals surface area contributed by atoms with Gasteiger partial charge in [0, 0.05) is 29.2 Å². The Hall–Kier alpha value is 0.200. The van der Waals surface area contributed by atoms with E-state index >= 15 is 0 Å². The summed E-state index contributed by atoms with van der Waals surface area (Å²) in [5, 5.41) is -0.993. The Bertz CT molecular complexity index is 682. The molecule has 1 saturated heterocycles. The topological polar surface area (TPSA) is 71.5 Å². The number of hydrogen-bond donors (Lipinski definition) is 0. The molecule has 0 radical (unpaired) electrons. The molecule has 1 aromatic rings. The van der Waals surface area contributed by atoms with Crippen LogP contribution in [0.1, 0.15) is 4.88 Å². The van der Waals surface area contributed by atoms with Gasteiger partial charge in [0.15, 0.2) is 9.84 Å². The zero-order valence-electron chi connectivity index (χ0n) is 10.7. The van der Waals surface area contributed by atoms with Crippen LogP contribution in [0.4, 0.5) is 0 Å². The van der Waals surface area contributed by atoms with Gasteiger partial charge in [-0.25, -0.2) is 16.8 Å². The van der Waals surface area contributed by atoms with Gasteiger partial charge in [-0.2, -0.15) is 16.1 Å². The number of sulfonamides is 1. The molecule has 0 N–H and O–H groups in total. The molecule has 0 amide bonds. The van der Waals surface area contributed by atoms with E-state index in [1.54, 1.807) is 6.07 Å². The molecule has 1 aliphatic rings. The van der Waals surface area contributed by atoms with Crippen LogP contribution in [-0.4, -0.2) is 50.8 Å². The van der Waals surface area contributed by atoms with Gasteiger partial charge in [0.2, 0.25) is 0 Å². The first-order chi connectivity index (χ1) is 9.26. The number of hydrogen-bond acceptors (Lipinski definition) is 6. The second-order valence-electron chi connectivity index (χ2n) is 4.33. The predicted molar refractivity (Wildman–Crippen MR) is 83.7 cm³/mol. The number of sulfone groups is 1. The van der Waals surface area contributed by atoms with Crippen LogP contribution in [0.2, 0.25) is 0 Å². The molecule has 0 aromatic carbocycles. The van der Waals surface area contributed by atoms with Crippen LogP contribution in [0.15, 0.2) is 16.3 Å². The monoisotopic (exact) mass is 375 g/mol. The number of halogens is 1. The van der Waals surface area contributed by atoms with Crippen molar-refractivity contribution in [2.45, 2.75) is 15.5 Å². The molecule has 0 aliphatic carbocycles. The van der Waals surface area contributed by atoms with Gasteiger partial charge in [0.25, 0.3) is 10.0 Å². The van der Waals surface area contributed by atoms with Gasteiger partial charge in [-0.1, -0.05) is 0 Å². The molecule has 1 unspecified atom stereocenters. The fraction of sp³-hybridized carbons (Fsp3) is 0.600. The van der Waals surface area contributed by atoms with Crippen molar-refractivity contribution in [2.75, 3.05) is 24.3 Å². The van der Waals surface area contributed by atoms with Gasteiger partial charge < -0.3 is 0 Å². The summed E-state index contributed by atoms with van der Waals surface area (Å²) in [4.78, 5) is 0.743. The van der Waals surface area contributed by atoms with Crippen LogP contribution < -0.4 is 0 Å². The lowest BCUT2D eigenvalue weighted by Crippen LogP contribution is -2.49. The van der Waals surface area contributed by atoms with E-state index in [4.69, 9.17) is 11.6 Å². The molecule has 10 heteroatoms. The largest absolute Gasteiger partial charge is 0.253 e. The highest BCUT2D eigenvalue weighted by Gasteiger charge is 2.39. The van der Waals surface area contributed by atoms with Gasteiger partial charge in [-0.15, -0.1) is 22.9 Å². The van der Waals surface area contributed by atoms with E-state index in [2.05, 4.69) is 0 Å². The van der Waals surface area contributed by atoms with Gasteiger partial charge >= 0.3 is 0 Å². The minimum absolute atomic E-state index is 0.147. The molecular weight excluding hydrogens is 362 g/mol. The van der Waals surface area contributed by atoms with E-state index in [1.807, 2.05) is 0 Å². The van der Waals surface area contributed by atoms with Crippen molar-refractivity contribution in [3.05, 3.63) is 17.0 Å². The summed E-state index contributed by atoms with van der Waals surface area (Å²) in [5.74, 6) is 1.11. The first-order valence-electron chi connectivity index (χ1n) is 5.70. The van der Waals surface area contributed by atoms with Gasteiger partial charge in [-0.3, -0.25) is 0 Å². The molecule has 0 saturated carbocycles. The van der Waals surface area contributed by atoms with Crippen molar-refractivity contribution >= 4 is 54.6 Å². The van der Waals surface area contributed by atoms with E-state index in [1.165, 1.54) is 17.8 Å². The van der Waals surface area contributed by atoms with E-state index in [9.17, 15) is 16.8 Å². The van der Waals surface area contributed by atoms with Crippen LogP contribution >= 0.6 is 34.7 Å². The Morgan fingerprint density at radius 3 is 2.60 bits per heavy atom. The number of thiophene rings is 1. The summed E-state index contributed by atoms with van der Waals surface area (Å²) in [7, 11) is -7.24. The van der Waals surface area contributed by atoms with E-state index in [0.717, 1.165) is 26.8 Å². The van der Waals surface area contributed by atoms with E-state index < -0.39 is 25.2 Å². The average molecular weight is 376 g/mol. The van der Waals surface area contributed by atoms with Crippen molar-refractivity contribution in [3.8, 4) is 0 Å². The molecule has 1 aromatic heterocycles. The Balaban J connectivity index is 2.40. The second-order valence-corrected chi connectivity index (χ2v) is 11.2. The maximum Gasteiger partial charge on any atom is 0.253 e. The third kappa shape index (κ3) is 3.33. The third-order valence-electron chi connectivity index (χ3n) is 2.86. The quantitative estimate of drug-likeness (QED) is 0.747. The lowest BCUT2D eigenvalue weighted by molar-refractivity contribution is 0.406. The summed E-state index contributed by atoms with van der Waals surface area (Å²) in [5.41, 5.74) is 0. The third-order valence-corrected chi connectivity index (χ3v) is 9.55. The SMILES string of the molecule is CS(=O)(=O)C1CSCCN1S(=O)(=O)c1ccc(CCl)s1. The molecule has 2 heterocycles. The maximum atomic E-state index is 12.6. The second kappa shape index (κ2) is 6.13. The lowest BCUT2D eigenvalue weighted by atomic mass is 10.5. The molecule has 2 rings (SSSR count). The summed E-state index contributed by atoms with van der Waals surface area (Å²) in [6.45, 7) is 0.207. The summed E-state index contributed by atoms with van der Waals surface area (Å²) < 4.78 is 50.0. The molecule has 1 fully saturated rings. The Kier molecular flexibility index (Phi) is 5.08. The fourth-order valence-corrected chi connectivity index (χ4v) is 8.62. The number of rotatable bonds is 4. The highest BCUT2D eigenvalue weighted by Crippen LogP contribution is 2.31. The number of nitrogens with zero attached hydrogens (tertiary/aromatic N) is 1. The molecule has 1 aliphatic heterocycles. The van der Waals surface area contributed by atoms with E-state index in [0.29, 0.717) is 5.75 Å². The fourth-order valence-electron chi connectivity index (χ4n) is 1.86. The normalized spacial score (nSPS) is 22.0. The Morgan fingerprint density at radius 1 is 1.35 bits per heavy atom. The zero-order chi connectivity index (χ0) is 15.0. The van der Waals surface area contributed by atoms with E-state index in [-0.39, 0.29) is 22.4 Å². The van der Waals surface area contributed by atoms with Gasteiger partial charge in [-0.05, 0) is 12.1 Å². The molecule has 5 nitrogen and oxygen atoms in total. The average Bonchev–Trinajstić information content (AvgIpc) is 2.87. The highest BCUT2D eigenvalue weighted by molar-refractivity contribution is 8.01. The molecule has 0 bridgehead atoms. The molecule has 20 heavy (non-hydrogen) atoms. The Labute approximate surface area is 132 Å². The smallest absolute Gasteiger partial charge is 0.227 e. The molecule has 0 spiro atoms. The highest BCUT2D eigenvalue weighted by atomic mass is 35.5. The van der Waals surface area contributed by atoms with Crippen molar-refractivity contribution in [1.29, 1.82) is 0 Å². The van der Waals surface area contributed by atoms with Gasteiger partial charge in [0.1, 0.15) is 9.58 Å². The van der Waals surface area contributed by atoms with Crippen LogP contribution in [0, 0.1) is 0 Å². The number of alkyl halides is 1. The summed E-state index contributed by atoms with van der Waals surface area (Å²) in [6.07, 6.45) is 1.07. The van der Waals surface area contributed by atoms with Crippen LogP contribution in [0.25, 0.3) is 0 Å². The maximum absolute atomic E-state index is 12.6. The zero-order valence-corrected chi connectivity index (χ0v) is 14.7. The molecular formula is C10H14ClNO4S4. The van der Waals surface area contributed by atoms with Crippen LogP contribution in [0.3, 0.4) is 0 Å². The first kappa shape index (κ1) is 16.6. The van der Waals surface area contributed by atoms with Crippen molar-refractivity contribution in [2.24, 2.45) is 0 Å². The standard InChI is InChI=1S/C10H14ClNO4S4/c1-19(13,14)9-7-17-5-4-12(9)20(15,16)10-3-2-8(6-11)18-10/h2-3,9H,4-7H2,1H3. The van der Waals surface area contributed by atoms with Gasteiger partial charge in [0.05, 0.1) is 5.88 Å². The Morgan fingerprint density at radius 2 is 2.05 bits per heavy atom. The first-order valence-corrected chi connectivity index (χ1v) is 11.6. The van der Waals surface area contributed by atoms with Crippen molar-refractivity contribution < 1.29 is 16.8 Å². The summed E-state index contributed by atoms with van der Waals surface area (Å²) >= 11 is 8.21. The summed E-state index contributed by atoms with van der Waals surface area (Å²) in [6, 6.07) is 3.14.